The largest absolute Gasteiger partial charge is 0.444 e. The number of hydrogen-bond donors (Lipinski definition) is 2. The van der Waals surface area contributed by atoms with Crippen molar-refractivity contribution in [1.29, 1.82) is 0 Å². The van der Waals surface area contributed by atoms with Crippen LogP contribution in [0.4, 0.5) is 9.59 Å². The minimum atomic E-state index is -0.718. The van der Waals surface area contributed by atoms with E-state index in [0.29, 0.717) is 38.6 Å². The first-order valence-corrected chi connectivity index (χ1v) is 19.0. The number of fused-ring (bicyclic) bond motifs is 4. The summed E-state index contributed by atoms with van der Waals surface area (Å²) >= 11 is 0. The summed E-state index contributed by atoms with van der Waals surface area (Å²) in [5.74, 6) is 0.0353. The van der Waals surface area contributed by atoms with Crippen molar-refractivity contribution in [3.63, 3.8) is 0 Å². The summed E-state index contributed by atoms with van der Waals surface area (Å²) < 4.78 is 12.0. The summed E-state index contributed by atoms with van der Waals surface area (Å²) in [6.07, 6.45) is 4.49. The lowest BCUT2D eigenvalue weighted by Gasteiger charge is -2.45. The summed E-state index contributed by atoms with van der Waals surface area (Å²) in [7, 11) is 0. The lowest BCUT2D eigenvalue weighted by Crippen LogP contribution is -2.54. The summed E-state index contributed by atoms with van der Waals surface area (Å²) in [5, 5.41) is 3.91. The standard InChI is InChI=1S/C43H56N4O4/c1-40(2,3)50-38(48)46-25-21-43(22-26-46)35-18-12-10-16-32(35)33(37(43)44)28-41(4,5)51-39(49)47-23-19-42(20-24-47)34-17-11-9-15-31(34)27-36(42)45-29-30-13-7-6-8-14-30/h6-18,33,36-37,45H,19-29,44H2,1-5H3. The lowest BCUT2D eigenvalue weighted by molar-refractivity contribution is -0.00631. The van der Waals surface area contributed by atoms with Crippen molar-refractivity contribution < 1.29 is 19.1 Å². The molecule has 2 saturated heterocycles. The molecule has 8 heteroatoms. The van der Waals surface area contributed by atoms with Crippen LogP contribution in [0.2, 0.25) is 0 Å². The predicted octanol–water partition coefficient (Wildman–Crippen LogP) is 7.43. The van der Waals surface area contributed by atoms with Crippen LogP contribution >= 0.6 is 0 Å². The van der Waals surface area contributed by atoms with Crippen LogP contribution in [0.25, 0.3) is 0 Å². The van der Waals surface area contributed by atoms with E-state index in [9.17, 15) is 9.59 Å². The van der Waals surface area contributed by atoms with E-state index in [0.717, 1.165) is 38.6 Å². The second-order valence-corrected chi connectivity index (χ2v) is 17.1. The fourth-order valence-corrected chi connectivity index (χ4v) is 9.76. The highest BCUT2D eigenvalue weighted by Crippen LogP contribution is 2.53. The third-order valence-electron chi connectivity index (χ3n) is 12.3. The number of carbonyl (C=O) groups excluding carboxylic acids is 2. The Labute approximate surface area is 304 Å². The van der Waals surface area contributed by atoms with Crippen molar-refractivity contribution in [1.82, 2.24) is 15.1 Å². The summed E-state index contributed by atoms with van der Waals surface area (Å²) in [6, 6.07) is 28.2. The number of benzene rings is 3. The number of nitrogens with one attached hydrogen (secondary N) is 1. The Morgan fingerprint density at radius 2 is 1.29 bits per heavy atom. The molecule has 3 unspecified atom stereocenters. The van der Waals surface area contributed by atoms with Crippen LogP contribution in [-0.4, -0.2) is 71.5 Å². The number of carbonyl (C=O) groups is 2. The van der Waals surface area contributed by atoms with Gasteiger partial charge in [0.2, 0.25) is 0 Å². The van der Waals surface area contributed by atoms with E-state index in [4.69, 9.17) is 15.2 Å². The molecule has 2 amide bonds. The minimum absolute atomic E-state index is 0.00855. The van der Waals surface area contributed by atoms with E-state index in [2.05, 4.69) is 84.2 Å². The van der Waals surface area contributed by atoms with Crippen molar-refractivity contribution >= 4 is 12.2 Å². The highest BCUT2D eigenvalue weighted by molar-refractivity contribution is 5.69. The van der Waals surface area contributed by atoms with Gasteiger partial charge in [0.1, 0.15) is 11.2 Å². The molecule has 0 bridgehead atoms. The molecule has 2 aliphatic carbocycles. The molecule has 7 rings (SSSR count). The van der Waals surface area contributed by atoms with Gasteiger partial charge in [0.15, 0.2) is 0 Å². The average Bonchev–Trinajstić information content (AvgIpc) is 3.52. The van der Waals surface area contributed by atoms with E-state index in [1.54, 1.807) is 0 Å². The number of nitrogens with zero attached hydrogens (tertiary/aromatic N) is 2. The maximum Gasteiger partial charge on any atom is 0.410 e. The number of rotatable bonds is 6. The summed E-state index contributed by atoms with van der Waals surface area (Å²) in [4.78, 5) is 30.5. The quantitative estimate of drug-likeness (QED) is 0.279. The first-order valence-electron chi connectivity index (χ1n) is 19.0. The van der Waals surface area contributed by atoms with Gasteiger partial charge in [-0.15, -0.1) is 0 Å². The van der Waals surface area contributed by atoms with Crippen molar-refractivity contribution in [3.8, 4) is 0 Å². The number of amides is 2. The summed E-state index contributed by atoms with van der Waals surface area (Å²) in [5.41, 5.74) is 12.4. The Morgan fingerprint density at radius 1 is 0.745 bits per heavy atom. The molecule has 0 saturated carbocycles. The smallest absolute Gasteiger partial charge is 0.410 e. The number of likely N-dealkylation sites (tertiary alicyclic amines) is 2. The third kappa shape index (κ3) is 6.89. The number of hydrogen-bond acceptors (Lipinski definition) is 6. The lowest BCUT2D eigenvalue weighted by atomic mass is 9.70. The second-order valence-electron chi connectivity index (χ2n) is 17.1. The zero-order chi connectivity index (χ0) is 36.0. The molecule has 0 radical (unpaired) electrons. The van der Waals surface area contributed by atoms with E-state index in [1.807, 2.05) is 44.4 Å². The van der Waals surface area contributed by atoms with Gasteiger partial charge >= 0.3 is 12.2 Å². The van der Waals surface area contributed by atoms with Gasteiger partial charge in [-0.25, -0.2) is 9.59 Å². The maximum absolute atomic E-state index is 13.9. The van der Waals surface area contributed by atoms with Crippen molar-refractivity contribution in [2.75, 3.05) is 26.2 Å². The Balaban J connectivity index is 1.00. The molecule has 2 aliphatic heterocycles. The van der Waals surface area contributed by atoms with Gasteiger partial charge in [-0.3, -0.25) is 0 Å². The Morgan fingerprint density at radius 3 is 1.94 bits per heavy atom. The fraction of sp³-hybridized carbons (Fsp3) is 0.535. The molecule has 272 valence electrons. The zero-order valence-corrected chi connectivity index (χ0v) is 31.1. The molecule has 2 fully saturated rings. The molecule has 51 heavy (non-hydrogen) atoms. The first kappa shape index (κ1) is 35.5. The summed E-state index contributed by atoms with van der Waals surface area (Å²) in [6.45, 7) is 13.1. The van der Waals surface area contributed by atoms with Crippen molar-refractivity contribution in [2.45, 2.75) is 120 Å². The molecular formula is C43H56N4O4. The highest BCUT2D eigenvalue weighted by Gasteiger charge is 2.54. The van der Waals surface area contributed by atoms with E-state index in [-0.39, 0.29) is 35.0 Å². The first-order chi connectivity index (χ1) is 24.3. The molecular weight excluding hydrogens is 636 g/mol. The molecule has 2 heterocycles. The molecule has 3 atom stereocenters. The molecule has 2 spiro atoms. The average molecular weight is 693 g/mol. The molecule has 8 nitrogen and oxygen atoms in total. The van der Waals surface area contributed by atoms with Gasteiger partial charge < -0.3 is 30.3 Å². The van der Waals surface area contributed by atoms with Gasteiger partial charge in [0.05, 0.1) is 0 Å². The van der Waals surface area contributed by atoms with Crippen LogP contribution in [0.1, 0.15) is 100 Å². The van der Waals surface area contributed by atoms with Gasteiger partial charge in [-0.05, 0) is 101 Å². The highest BCUT2D eigenvalue weighted by atomic mass is 16.6. The molecule has 3 aromatic rings. The number of ether oxygens (including phenoxy) is 2. The maximum atomic E-state index is 13.9. The zero-order valence-electron chi connectivity index (χ0n) is 31.1. The van der Waals surface area contributed by atoms with Crippen LogP contribution < -0.4 is 11.1 Å². The van der Waals surface area contributed by atoms with Crippen molar-refractivity contribution in [2.24, 2.45) is 5.73 Å². The van der Waals surface area contributed by atoms with E-state index < -0.39 is 11.2 Å². The second kappa shape index (κ2) is 13.6. The van der Waals surface area contributed by atoms with E-state index in [1.165, 1.54) is 27.8 Å². The van der Waals surface area contributed by atoms with Crippen molar-refractivity contribution in [3.05, 3.63) is 107 Å². The number of nitrogens with two attached hydrogens (primary N) is 1. The van der Waals surface area contributed by atoms with Crippen LogP contribution in [-0.2, 0) is 33.3 Å². The number of piperidine rings is 2. The SMILES string of the molecule is CC(C)(C)OC(=O)N1CCC2(CC1)c1ccccc1C(CC(C)(C)OC(=O)N1CCC3(CC1)c1ccccc1CC3NCc1ccccc1)C2N. The minimum Gasteiger partial charge on any atom is -0.444 e. The van der Waals surface area contributed by atoms with Gasteiger partial charge in [-0.1, -0.05) is 78.9 Å². The molecule has 3 aromatic carbocycles. The van der Waals surface area contributed by atoms with Crippen LogP contribution in [0.5, 0.6) is 0 Å². The van der Waals surface area contributed by atoms with Crippen LogP contribution in [0.15, 0.2) is 78.9 Å². The van der Waals surface area contributed by atoms with Gasteiger partial charge in [0, 0.05) is 61.6 Å². The fourth-order valence-electron chi connectivity index (χ4n) is 9.76. The monoisotopic (exact) mass is 692 g/mol. The molecule has 3 N–H and O–H groups in total. The Kier molecular flexibility index (Phi) is 9.46. The molecule has 4 aliphatic rings. The normalized spacial score (nSPS) is 23.6. The van der Waals surface area contributed by atoms with Gasteiger partial charge in [0.25, 0.3) is 0 Å². The van der Waals surface area contributed by atoms with Crippen LogP contribution in [0, 0.1) is 0 Å². The molecule has 0 aromatic heterocycles. The van der Waals surface area contributed by atoms with Gasteiger partial charge in [-0.2, -0.15) is 0 Å². The Hall–Kier alpha value is -3.88. The van der Waals surface area contributed by atoms with Crippen LogP contribution in [0.3, 0.4) is 0 Å². The predicted molar refractivity (Wildman–Crippen MR) is 201 cm³/mol. The Bertz CT molecular complexity index is 1720. The van der Waals surface area contributed by atoms with E-state index >= 15 is 0 Å². The third-order valence-corrected chi connectivity index (χ3v) is 12.3. The topological polar surface area (TPSA) is 97.1 Å².